The molecule has 1 heterocycles. The summed E-state index contributed by atoms with van der Waals surface area (Å²) in [6.45, 7) is 15.2. The molecule has 0 radical (unpaired) electrons. The van der Waals surface area contributed by atoms with Gasteiger partial charge in [-0.15, -0.1) is 0 Å². The molecule has 168 valence electrons. The quantitative estimate of drug-likeness (QED) is 0.491. The first-order valence-corrected chi connectivity index (χ1v) is 10.8. The molecule has 2 aromatic carbocycles. The number of hydrogen-bond donors (Lipinski definition) is 0. The van der Waals surface area contributed by atoms with Crippen LogP contribution in [0.25, 0.3) is 5.69 Å². The normalized spacial score (nSPS) is 12.8. The molecule has 0 saturated heterocycles. The molecule has 5 heteroatoms. The lowest BCUT2D eigenvalue weighted by Crippen LogP contribution is -2.41. The van der Waals surface area contributed by atoms with Crippen molar-refractivity contribution in [3.05, 3.63) is 87.0 Å². The summed E-state index contributed by atoms with van der Waals surface area (Å²) < 4.78 is 7.69. The Morgan fingerprint density at radius 3 is 1.81 bits per heavy atom. The summed E-state index contributed by atoms with van der Waals surface area (Å²) >= 11 is 0. The topological polar surface area (TPSA) is 64.6 Å². The fraction of sp³-hybridized carbons (Fsp3) is 0.370. The number of aryl methyl sites for hydroxylation is 2. The summed E-state index contributed by atoms with van der Waals surface area (Å²) in [5, 5.41) is 0. The van der Waals surface area contributed by atoms with E-state index in [0.29, 0.717) is 17.1 Å². The number of carbonyl (C=O) groups excluding carboxylic acids is 1. The van der Waals surface area contributed by atoms with Crippen LogP contribution in [0.3, 0.4) is 0 Å². The van der Waals surface area contributed by atoms with Crippen LogP contribution < -0.4 is 11.2 Å². The van der Waals surface area contributed by atoms with Crippen molar-refractivity contribution in [2.24, 2.45) is 10.4 Å². The number of Topliss-reactive ketones (excluding diaryl/α,β-unsaturated/α-hetero) is 1. The summed E-state index contributed by atoms with van der Waals surface area (Å²) in [7, 11) is 0. The minimum absolute atomic E-state index is 0.0773. The van der Waals surface area contributed by atoms with Gasteiger partial charge in [-0.25, -0.2) is 4.57 Å². The monoisotopic (exact) mass is 432 g/mol. The third kappa shape index (κ3) is 4.82. The summed E-state index contributed by atoms with van der Waals surface area (Å²) in [6, 6.07) is 15.2. The van der Waals surface area contributed by atoms with E-state index >= 15 is 0 Å². The number of ketones is 1. The number of rotatable bonds is 3. The van der Waals surface area contributed by atoms with Gasteiger partial charge in [-0.05, 0) is 38.1 Å². The Labute approximate surface area is 189 Å². The first kappa shape index (κ1) is 23.5. The number of nitrogens with zero attached hydrogens (tertiary/aromatic N) is 2. The van der Waals surface area contributed by atoms with Gasteiger partial charge in [-0.2, -0.15) is 4.99 Å². The molecule has 0 amide bonds. The van der Waals surface area contributed by atoms with E-state index in [9.17, 15) is 9.59 Å². The first-order valence-electron chi connectivity index (χ1n) is 10.8. The van der Waals surface area contributed by atoms with Gasteiger partial charge in [0.15, 0.2) is 5.78 Å². The van der Waals surface area contributed by atoms with Crippen molar-refractivity contribution in [3.8, 4) is 5.69 Å². The van der Waals surface area contributed by atoms with E-state index in [-0.39, 0.29) is 17.0 Å². The molecule has 3 aromatic rings. The van der Waals surface area contributed by atoms with Gasteiger partial charge in [0.2, 0.25) is 0 Å². The van der Waals surface area contributed by atoms with Gasteiger partial charge in [0, 0.05) is 10.8 Å². The van der Waals surface area contributed by atoms with Gasteiger partial charge in [0.25, 0.3) is 5.56 Å². The molecule has 0 aliphatic heterocycles. The molecule has 0 atom stereocenters. The lowest BCUT2D eigenvalue weighted by molar-refractivity contribution is 0.0847. The van der Waals surface area contributed by atoms with Crippen LogP contribution in [0.4, 0.5) is 5.69 Å². The molecule has 0 aliphatic rings. The molecule has 5 nitrogen and oxygen atoms in total. The highest BCUT2D eigenvalue weighted by atomic mass is 16.4. The second kappa shape index (κ2) is 8.38. The highest BCUT2D eigenvalue weighted by Crippen LogP contribution is 2.28. The van der Waals surface area contributed by atoms with Crippen molar-refractivity contribution in [1.82, 2.24) is 4.57 Å². The Morgan fingerprint density at radius 2 is 1.34 bits per heavy atom. The Balaban J connectivity index is 2.49. The maximum Gasteiger partial charge on any atom is 0.309 e. The average molecular weight is 433 g/mol. The highest BCUT2D eigenvalue weighted by molar-refractivity contribution is 6.00. The molecule has 3 rings (SSSR count). The molecule has 0 spiro atoms. The van der Waals surface area contributed by atoms with Gasteiger partial charge < -0.3 is 4.42 Å². The maximum absolute atomic E-state index is 13.9. The standard InChI is InChI=1S/C27H32N2O3/c1-17-9-13-19(14-10-17)28-25-29(20-15-11-18(2)12-16-20)24(31)21(22(30)26(3,4)5)23(32-25)27(6,7)8/h9-16H,1-8H3. The molecular weight excluding hydrogens is 400 g/mol. The fourth-order valence-electron chi connectivity index (χ4n) is 3.31. The molecule has 1 aromatic heterocycles. The Hall–Kier alpha value is -3.21. The number of carbonyl (C=O) groups is 1. The van der Waals surface area contributed by atoms with Crippen LogP contribution >= 0.6 is 0 Å². The van der Waals surface area contributed by atoms with E-state index in [1.54, 1.807) is 0 Å². The smallest absolute Gasteiger partial charge is 0.309 e. The van der Waals surface area contributed by atoms with Crippen LogP contribution in [0.15, 0.2) is 62.7 Å². The van der Waals surface area contributed by atoms with Crippen LogP contribution in [0.1, 0.15) is 68.8 Å². The SMILES string of the molecule is Cc1ccc(N=c2oc(C(C)(C)C)c(C(=O)C(C)(C)C)c(=O)n2-c2ccc(C)cc2)cc1. The first-order chi connectivity index (χ1) is 14.8. The van der Waals surface area contributed by atoms with E-state index in [4.69, 9.17) is 4.42 Å². The molecule has 0 saturated carbocycles. The van der Waals surface area contributed by atoms with E-state index in [1.807, 2.05) is 104 Å². The lowest BCUT2D eigenvalue weighted by atomic mass is 9.81. The van der Waals surface area contributed by atoms with Crippen molar-refractivity contribution in [2.75, 3.05) is 0 Å². The largest absolute Gasteiger partial charge is 0.428 e. The zero-order valence-electron chi connectivity index (χ0n) is 20.2. The molecule has 0 aliphatic carbocycles. The van der Waals surface area contributed by atoms with Gasteiger partial charge in [-0.1, -0.05) is 76.9 Å². The van der Waals surface area contributed by atoms with Crippen LogP contribution in [-0.2, 0) is 5.41 Å². The predicted molar refractivity (Wildman–Crippen MR) is 128 cm³/mol. The molecule has 0 N–H and O–H groups in total. The zero-order chi connectivity index (χ0) is 23.8. The van der Waals surface area contributed by atoms with Crippen LogP contribution in [-0.4, -0.2) is 10.4 Å². The Bertz CT molecular complexity index is 1260. The van der Waals surface area contributed by atoms with E-state index < -0.39 is 16.4 Å². The third-order valence-electron chi connectivity index (χ3n) is 5.17. The van der Waals surface area contributed by atoms with E-state index in [1.165, 1.54) is 4.57 Å². The van der Waals surface area contributed by atoms with Gasteiger partial charge >= 0.3 is 5.68 Å². The maximum atomic E-state index is 13.9. The number of hydrogen-bond acceptors (Lipinski definition) is 4. The highest BCUT2D eigenvalue weighted by Gasteiger charge is 2.35. The molecule has 0 bridgehead atoms. The van der Waals surface area contributed by atoms with Gasteiger partial charge in [0.1, 0.15) is 11.3 Å². The van der Waals surface area contributed by atoms with Gasteiger partial charge in [0.05, 0.1) is 11.4 Å². The van der Waals surface area contributed by atoms with Crippen LogP contribution in [0.5, 0.6) is 0 Å². The Kier molecular flexibility index (Phi) is 6.14. The molecular formula is C27H32N2O3. The second-order valence-electron chi connectivity index (χ2n) is 10.3. The minimum atomic E-state index is -0.741. The molecule has 32 heavy (non-hydrogen) atoms. The van der Waals surface area contributed by atoms with Crippen molar-refractivity contribution < 1.29 is 9.21 Å². The number of benzene rings is 2. The Morgan fingerprint density at radius 1 is 0.844 bits per heavy atom. The number of aromatic nitrogens is 1. The van der Waals surface area contributed by atoms with Crippen molar-refractivity contribution >= 4 is 11.5 Å². The van der Waals surface area contributed by atoms with Crippen molar-refractivity contribution in [1.29, 1.82) is 0 Å². The summed E-state index contributed by atoms with van der Waals surface area (Å²) in [4.78, 5) is 32.0. The molecule has 0 fully saturated rings. The van der Waals surface area contributed by atoms with Crippen LogP contribution in [0, 0.1) is 19.3 Å². The summed E-state index contributed by atoms with van der Waals surface area (Å²) in [5.41, 5.74) is 1.91. The summed E-state index contributed by atoms with van der Waals surface area (Å²) in [6.07, 6.45) is 0. The zero-order valence-corrected chi connectivity index (χ0v) is 20.2. The summed E-state index contributed by atoms with van der Waals surface area (Å²) in [5.74, 6) is 0.0931. The third-order valence-corrected chi connectivity index (χ3v) is 5.17. The average Bonchev–Trinajstić information content (AvgIpc) is 2.69. The molecule has 0 unspecified atom stereocenters. The van der Waals surface area contributed by atoms with Crippen molar-refractivity contribution in [2.45, 2.75) is 60.8 Å². The van der Waals surface area contributed by atoms with Gasteiger partial charge in [-0.3, -0.25) is 9.59 Å². The van der Waals surface area contributed by atoms with E-state index in [2.05, 4.69) is 4.99 Å². The predicted octanol–water partition coefficient (Wildman–Crippen LogP) is 5.81. The van der Waals surface area contributed by atoms with Crippen LogP contribution in [0.2, 0.25) is 0 Å². The second-order valence-corrected chi connectivity index (χ2v) is 10.3. The fourth-order valence-corrected chi connectivity index (χ4v) is 3.31. The lowest BCUT2D eigenvalue weighted by Gasteiger charge is -2.24. The van der Waals surface area contributed by atoms with Crippen molar-refractivity contribution in [3.63, 3.8) is 0 Å². The minimum Gasteiger partial charge on any atom is -0.428 e. The van der Waals surface area contributed by atoms with E-state index in [0.717, 1.165) is 11.1 Å².